The number of aromatic nitrogens is 3. The van der Waals surface area contributed by atoms with Gasteiger partial charge in [-0.3, -0.25) is 14.2 Å². The van der Waals surface area contributed by atoms with Crippen molar-refractivity contribution >= 4 is 35.4 Å². The molecule has 1 fully saturated rings. The summed E-state index contributed by atoms with van der Waals surface area (Å²) in [6.45, 7) is 3.29. The number of nitrogens with two attached hydrogens (primary N) is 1. The summed E-state index contributed by atoms with van der Waals surface area (Å²) in [4.78, 5) is 29.5. The molecule has 7 nitrogen and oxygen atoms in total. The third kappa shape index (κ3) is 5.59. The SMILES string of the molecule is Cc1ccc(C(=O)N(CCCN)C(c2nn3c(Cl)ccc3c(=O)n2Cc2ccccc2)C2CC2)cc1.Cl. The minimum absolute atomic E-state index is 0. The molecular formula is C28H31Cl2N5O2. The van der Waals surface area contributed by atoms with E-state index in [-0.39, 0.29) is 35.8 Å². The van der Waals surface area contributed by atoms with Crippen molar-refractivity contribution in [3.63, 3.8) is 0 Å². The molecule has 1 unspecified atom stereocenters. The number of hydrogen-bond acceptors (Lipinski definition) is 4. The van der Waals surface area contributed by atoms with Gasteiger partial charge >= 0.3 is 0 Å². The van der Waals surface area contributed by atoms with Crippen LogP contribution < -0.4 is 11.3 Å². The first-order valence-corrected chi connectivity index (χ1v) is 12.8. The van der Waals surface area contributed by atoms with Crippen molar-refractivity contribution in [1.82, 2.24) is 19.1 Å². The highest BCUT2D eigenvalue weighted by molar-refractivity contribution is 6.29. The molecule has 2 aromatic carbocycles. The summed E-state index contributed by atoms with van der Waals surface area (Å²) >= 11 is 6.42. The first-order chi connectivity index (χ1) is 17.5. The van der Waals surface area contributed by atoms with Gasteiger partial charge in [0.2, 0.25) is 0 Å². The van der Waals surface area contributed by atoms with Gasteiger partial charge in [-0.2, -0.15) is 5.10 Å². The molecular weight excluding hydrogens is 509 g/mol. The lowest BCUT2D eigenvalue weighted by atomic mass is 10.1. The molecule has 1 aliphatic rings. The molecule has 1 saturated carbocycles. The second kappa shape index (κ2) is 11.5. The average Bonchev–Trinajstić information content (AvgIpc) is 3.66. The highest BCUT2D eigenvalue weighted by Gasteiger charge is 2.41. The van der Waals surface area contributed by atoms with E-state index in [1.54, 1.807) is 16.7 Å². The van der Waals surface area contributed by atoms with Gasteiger partial charge in [-0.05, 0) is 68.5 Å². The zero-order valence-electron chi connectivity index (χ0n) is 20.7. The van der Waals surface area contributed by atoms with Crippen molar-refractivity contribution in [2.75, 3.05) is 13.1 Å². The second-order valence-corrected chi connectivity index (χ2v) is 9.86. The molecule has 9 heteroatoms. The minimum Gasteiger partial charge on any atom is -0.330 e. The standard InChI is InChI=1S/C28H30ClN5O2.ClH/c1-19-8-10-22(11-9-19)27(35)32(17-5-16-30)25(21-12-13-21)26-31-34-23(14-15-24(34)29)28(36)33(26)18-20-6-3-2-4-7-20;/h2-4,6-11,14-15,21,25H,5,12-13,16-18,30H2,1H3;1H. The lowest BCUT2D eigenvalue weighted by Crippen LogP contribution is -2.41. The number of aryl methyl sites for hydroxylation is 1. The normalized spacial score (nSPS) is 13.8. The van der Waals surface area contributed by atoms with Crippen molar-refractivity contribution < 1.29 is 4.79 Å². The molecule has 0 saturated heterocycles. The number of nitrogens with zero attached hydrogens (tertiary/aromatic N) is 4. The lowest BCUT2D eigenvalue weighted by Gasteiger charge is -2.33. The van der Waals surface area contributed by atoms with Crippen LogP contribution in [0.1, 0.15) is 52.6 Å². The molecule has 0 radical (unpaired) electrons. The second-order valence-electron chi connectivity index (χ2n) is 9.48. The number of carbonyl (C=O) groups excluding carboxylic acids is 1. The lowest BCUT2D eigenvalue weighted by molar-refractivity contribution is 0.0632. The highest BCUT2D eigenvalue weighted by atomic mass is 35.5. The molecule has 0 aliphatic heterocycles. The zero-order chi connectivity index (χ0) is 25.2. The molecule has 194 valence electrons. The van der Waals surface area contributed by atoms with Gasteiger partial charge in [-0.15, -0.1) is 12.4 Å². The van der Waals surface area contributed by atoms with Gasteiger partial charge in [0.05, 0.1) is 12.6 Å². The van der Waals surface area contributed by atoms with Crippen molar-refractivity contribution in [3.05, 3.63) is 105 Å². The fourth-order valence-corrected chi connectivity index (χ4v) is 4.90. The maximum Gasteiger partial charge on any atom is 0.278 e. The molecule has 1 aliphatic carbocycles. The number of amides is 1. The van der Waals surface area contributed by atoms with E-state index in [0.717, 1.165) is 24.0 Å². The zero-order valence-corrected chi connectivity index (χ0v) is 22.3. The van der Waals surface area contributed by atoms with Crippen LogP contribution in [0.3, 0.4) is 0 Å². The first-order valence-electron chi connectivity index (χ1n) is 12.4. The van der Waals surface area contributed by atoms with Crippen LogP contribution in [0.2, 0.25) is 5.15 Å². The predicted octanol–water partition coefficient (Wildman–Crippen LogP) is 4.87. The number of fused-ring (bicyclic) bond motifs is 1. The van der Waals surface area contributed by atoms with E-state index in [2.05, 4.69) is 0 Å². The smallest absolute Gasteiger partial charge is 0.278 e. The van der Waals surface area contributed by atoms with E-state index in [1.807, 2.05) is 66.4 Å². The van der Waals surface area contributed by atoms with Gasteiger partial charge in [0.25, 0.3) is 11.5 Å². The van der Waals surface area contributed by atoms with Crippen LogP contribution in [-0.4, -0.2) is 38.1 Å². The Morgan fingerprint density at radius 3 is 2.46 bits per heavy atom. The van der Waals surface area contributed by atoms with E-state index in [4.69, 9.17) is 22.4 Å². The maximum atomic E-state index is 13.9. The summed E-state index contributed by atoms with van der Waals surface area (Å²) in [5.41, 5.74) is 8.79. The summed E-state index contributed by atoms with van der Waals surface area (Å²) in [5, 5.41) is 5.26. The Morgan fingerprint density at radius 1 is 1.11 bits per heavy atom. The number of halogens is 2. The molecule has 37 heavy (non-hydrogen) atoms. The third-order valence-electron chi connectivity index (χ3n) is 6.77. The van der Waals surface area contributed by atoms with Crippen molar-refractivity contribution in [2.45, 2.75) is 38.8 Å². The Morgan fingerprint density at radius 2 is 1.81 bits per heavy atom. The van der Waals surface area contributed by atoms with Gasteiger partial charge in [0.15, 0.2) is 5.82 Å². The predicted molar refractivity (Wildman–Crippen MR) is 149 cm³/mol. The molecule has 4 aromatic rings. The Labute approximate surface area is 227 Å². The van der Waals surface area contributed by atoms with Crippen LogP contribution in [-0.2, 0) is 6.54 Å². The van der Waals surface area contributed by atoms with Crippen LogP contribution >= 0.6 is 24.0 Å². The molecule has 2 heterocycles. The summed E-state index contributed by atoms with van der Waals surface area (Å²) < 4.78 is 3.20. The third-order valence-corrected chi connectivity index (χ3v) is 7.05. The summed E-state index contributed by atoms with van der Waals surface area (Å²) in [6, 6.07) is 20.4. The van der Waals surface area contributed by atoms with E-state index in [1.165, 1.54) is 4.52 Å². The molecule has 5 rings (SSSR count). The van der Waals surface area contributed by atoms with Crippen molar-refractivity contribution in [2.24, 2.45) is 11.7 Å². The Bertz CT molecular complexity index is 1430. The Hall–Kier alpha value is -3.13. The molecule has 2 N–H and O–H groups in total. The van der Waals surface area contributed by atoms with Crippen molar-refractivity contribution in [1.29, 1.82) is 0 Å². The molecule has 1 amide bonds. The van der Waals surface area contributed by atoms with Gasteiger partial charge < -0.3 is 10.6 Å². The van der Waals surface area contributed by atoms with Crippen LogP contribution in [0.5, 0.6) is 0 Å². The van der Waals surface area contributed by atoms with E-state index in [9.17, 15) is 9.59 Å². The van der Waals surface area contributed by atoms with Crippen LogP contribution in [0.25, 0.3) is 5.52 Å². The minimum atomic E-state index is -0.371. The number of rotatable bonds is 9. The van der Waals surface area contributed by atoms with E-state index < -0.39 is 0 Å². The quantitative estimate of drug-likeness (QED) is 0.328. The fraction of sp³-hybridized carbons (Fsp3) is 0.321. The molecule has 0 spiro atoms. The molecule has 0 bridgehead atoms. The van der Waals surface area contributed by atoms with E-state index >= 15 is 0 Å². The number of carbonyl (C=O) groups is 1. The van der Waals surface area contributed by atoms with Crippen LogP contribution in [0.4, 0.5) is 0 Å². The summed E-state index contributed by atoms with van der Waals surface area (Å²) in [7, 11) is 0. The Balaban J connectivity index is 0.00000320. The monoisotopic (exact) mass is 539 g/mol. The van der Waals surface area contributed by atoms with Gasteiger partial charge in [0.1, 0.15) is 10.7 Å². The number of hydrogen-bond donors (Lipinski definition) is 1. The molecule has 2 aromatic heterocycles. The van der Waals surface area contributed by atoms with Crippen LogP contribution in [0.15, 0.2) is 71.5 Å². The van der Waals surface area contributed by atoms with Crippen molar-refractivity contribution in [3.8, 4) is 0 Å². The topological polar surface area (TPSA) is 85.6 Å². The molecule has 1 atom stereocenters. The van der Waals surface area contributed by atoms with Gasteiger partial charge in [0, 0.05) is 12.1 Å². The van der Waals surface area contributed by atoms with Gasteiger partial charge in [-0.1, -0.05) is 59.6 Å². The average molecular weight is 540 g/mol. The fourth-order valence-electron chi connectivity index (χ4n) is 4.71. The first kappa shape index (κ1) is 26.9. The van der Waals surface area contributed by atoms with Gasteiger partial charge in [-0.25, -0.2) is 4.52 Å². The summed E-state index contributed by atoms with van der Waals surface area (Å²) in [6.07, 6.45) is 2.57. The largest absolute Gasteiger partial charge is 0.330 e. The number of benzene rings is 2. The summed E-state index contributed by atoms with van der Waals surface area (Å²) in [5.74, 6) is 0.673. The van der Waals surface area contributed by atoms with Crippen LogP contribution in [0, 0.1) is 12.8 Å². The van der Waals surface area contributed by atoms with E-state index in [0.29, 0.717) is 48.1 Å². The Kier molecular flexibility index (Phi) is 8.37. The maximum absolute atomic E-state index is 13.9. The highest BCUT2D eigenvalue weighted by Crippen LogP contribution is 2.44.